The lowest BCUT2D eigenvalue weighted by Crippen LogP contribution is -2.38. The van der Waals surface area contributed by atoms with Gasteiger partial charge in [0.1, 0.15) is 5.75 Å². The van der Waals surface area contributed by atoms with Crippen molar-refractivity contribution in [2.24, 2.45) is 0 Å². The number of hydrogen-bond acceptors (Lipinski definition) is 8. The van der Waals surface area contributed by atoms with Crippen molar-refractivity contribution in [2.45, 2.75) is 36.9 Å². The van der Waals surface area contributed by atoms with Crippen molar-refractivity contribution in [3.63, 3.8) is 0 Å². The molecule has 248 valence electrons. The molecule has 0 saturated heterocycles. The Kier molecular flexibility index (Phi) is 11.1. The van der Waals surface area contributed by atoms with Gasteiger partial charge in [0.25, 0.3) is 5.91 Å². The second-order valence-corrected chi connectivity index (χ2v) is 13.0. The van der Waals surface area contributed by atoms with Crippen LogP contribution in [0.25, 0.3) is 10.9 Å². The van der Waals surface area contributed by atoms with Crippen molar-refractivity contribution in [1.82, 2.24) is 14.2 Å². The van der Waals surface area contributed by atoms with E-state index in [1.165, 1.54) is 26.2 Å². The molecule has 1 aromatic heterocycles. The number of ether oxygens (including phenoxy) is 3. The summed E-state index contributed by atoms with van der Waals surface area (Å²) in [5, 5.41) is 13.4. The van der Waals surface area contributed by atoms with Crippen LogP contribution in [0, 0.1) is 0 Å². The maximum Gasteiger partial charge on any atom is 0.286 e. The van der Waals surface area contributed by atoms with Gasteiger partial charge in [-0.15, -0.1) is 0 Å². The molecule has 2 atom stereocenters. The Balaban J connectivity index is 1.34. The zero-order valence-electron chi connectivity index (χ0n) is 26.4. The molecule has 47 heavy (non-hydrogen) atoms. The number of aliphatic hydroxyl groups excluding tert-OH is 1. The number of sulfonamides is 1. The van der Waals surface area contributed by atoms with Crippen molar-refractivity contribution in [3.05, 3.63) is 108 Å². The van der Waals surface area contributed by atoms with E-state index in [0.29, 0.717) is 25.1 Å². The summed E-state index contributed by atoms with van der Waals surface area (Å²) < 4.78 is 46.7. The number of carbonyl (C=O) groups is 2. The first-order chi connectivity index (χ1) is 22.7. The minimum atomic E-state index is -3.95. The van der Waals surface area contributed by atoms with E-state index >= 15 is 0 Å². The van der Waals surface area contributed by atoms with Gasteiger partial charge in [0, 0.05) is 50.5 Å². The van der Waals surface area contributed by atoms with Crippen molar-refractivity contribution in [1.29, 1.82) is 0 Å². The van der Waals surface area contributed by atoms with Gasteiger partial charge in [0.2, 0.25) is 22.2 Å². The number of aliphatic hydroxyl groups is 1. The van der Waals surface area contributed by atoms with Gasteiger partial charge in [-0.05, 0) is 54.0 Å². The van der Waals surface area contributed by atoms with Gasteiger partial charge < -0.3 is 24.6 Å². The molecule has 4 aromatic rings. The first kappa shape index (κ1) is 33.9. The summed E-state index contributed by atoms with van der Waals surface area (Å²) >= 11 is 0. The average molecular weight is 662 g/mol. The molecule has 0 saturated carbocycles. The van der Waals surface area contributed by atoms with Gasteiger partial charge in [-0.2, -0.15) is 4.31 Å². The minimum Gasteiger partial charge on any atom is -0.497 e. The number of carbonyl (C=O) groups excluding carboxylic acids is 2. The molecule has 11 nitrogen and oxygen atoms in total. The number of methoxy groups -OCH3 is 1. The van der Waals surface area contributed by atoms with Crippen LogP contribution in [-0.2, 0) is 30.7 Å². The van der Waals surface area contributed by atoms with Crippen molar-refractivity contribution < 1.29 is 37.3 Å². The lowest BCUT2D eigenvalue weighted by Gasteiger charge is -2.30. The second-order valence-electron chi connectivity index (χ2n) is 11.1. The Hall–Kier alpha value is -4.49. The first-order valence-corrected chi connectivity index (χ1v) is 16.8. The van der Waals surface area contributed by atoms with E-state index in [1.54, 1.807) is 29.0 Å². The van der Waals surface area contributed by atoms with Crippen LogP contribution in [0.3, 0.4) is 0 Å². The summed E-state index contributed by atoms with van der Waals surface area (Å²) in [5.74, 6) is -0.289. The summed E-state index contributed by atoms with van der Waals surface area (Å²) in [6.07, 6.45) is 3.59. The maximum absolute atomic E-state index is 13.4. The molecule has 5 rings (SSSR count). The average Bonchev–Trinajstić information content (AvgIpc) is 3.48. The fraction of sp³-hybridized carbons (Fsp3) is 0.314. The van der Waals surface area contributed by atoms with Gasteiger partial charge in [0.05, 0.1) is 30.7 Å². The lowest BCUT2D eigenvalue weighted by atomic mass is 9.92. The molecule has 0 spiro atoms. The van der Waals surface area contributed by atoms with Crippen molar-refractivity contribution >= 4 is 32.7 Å². The van der Waals surface area contributed by atoms with Crippen LogP contribution in [0.2, 0.25) is 0 Å². The van der Waals surface area contributed by atoms with Crippen LogP contribution in [0.5, 0.6) is 5.75 Å². The zero-order chi connectivity index (χ0) is 33.4. The van der Waals surface area contributed by atoms with Crippen LogP contribution >= 0.6 is 0 Å². The Morgan fingerprint density at radius 1 is 1.02 bits per heavy atom. The normalized spacial score (nSPS) is 16.5. The SMILES string of the molecule is COc1ccc(S(=O)(=O)N(CCO)CCO[C@H]2C[C@@H](c3cn(C(C)=O)c4ccccc34)C=C(C(=O)NCCc3ccccc3)O2)cc1. The van der Waals surface area contributed by atoms with E-state index in [4.69, 9.17) is 14.2 Å². The number of para-hydroxylation sites is 1. The third-order valence-electron chi connectivity index (χ3n) is 8.00. The van der Waals surface area contributed by atoms with E-state index < -0.39 is 22.2 Å². The number of allylic oxidation sites excluding steroid dienone is 1. The molecular formula is C35H39N3O8S. The molecule has 0 unspecified atom stereocenters. The van der Waals surface area contributed by atoms with E-state index in [2.05, 4.69) is 5.32 Å². The Morgan fingerprint density at radius 3 is 2.45 bits per heavy atom. The number of benzene rings is 3. The molecule has 0 fully saturated rings. The fourth-order valence-corrected chi connectivity index (χ4v) is 7.01. The molecule has 1 aliphatic heterocycles. The summed E-state index contributed by atoms with van der Waals surface area (Å²) in [4.78, 5) is 25.9. The van der Waals surface area contributed by atoms with E-state index in [1.807, 2.05) is 54.6 Å². The molecule has 0 aliphatic carbocycles. The predicted octanol–water partition coefficient (Wildman–Crippen LogP) is 4.08. The number of amides is 1. The second kappa shape index (κ2) is 15.4. The number of aromatic nitrogens is 1. The molecule has 0 bridgehead atoms. The molecular weight excluding hydrogens is 622 g/mol. The Labute approximate surface area is 274 Å². The highest BCUT2D eigenvalue weighted by atomic mass is 32.2. The highest BCUT2D eigenvalue weighted by Gasteiger charge is 2.31. The lowest BCUT2D eigenvalue weighted by molar-refractivity contribution is -0.146. The quantitative estimate of drug-likeness (QED) is 0.206. The molecule has 2 heterocycles. The highest BCUT2D eigenvalue weighted by Crippen LogP contribution is 2.36. The number of fused-ring (bicyclic) bond motifs is 1. The summed E-state index contributed by atoms with van der Waals surface area (Å²) in [5.41, 5.74) is 2.68. The molecule has 2 N–H and O–H groups in total. The van der Waals surface area contributed by atoms with Gasteiger partial charge in [-0.25, -0.2) is 8.42 Å². The smallest absolute Gasteiger partial charge is 0.286 e. The number of nitrogens with zero attached hydrogens (tertiary/aromatic N) is 2. The van der Waals surface area contributed by atoms with Crippen molar-refractivity contribution in [2.75, 3.05) is 40.0 Å². The van der Waals surface area contributed by atoms with E-state index in [0.717, 1.165) is 26.3 Å². The minimum absolute atomic E-state index is 0.0555. The first-order valence-electron chi connectivity index (χ1n) is 15.4. The van der Waals surface area contributed by atoms with Crippen molar-refractivity contribution in [3.8, 4) is 5.75 Å². The van der Waals surface area contributed by atoms with Crippen LogP contribution in [0.4, 0.5) is 0 Å². The van der Waals surface area contributed by atoms with Crippen LogP contribution < -0.4 is 10.1 Å². The van der Waals surface area contributed by atoms with Crippen LogP contribution in [0.15, 0.2) is 102 Å². The van der Waals surface area contributed by atoms with Crippen LogP contribution in [-0.4, -0.2) is 80.5 Å². The molecule has 1 amide bonds. The number of hydrogen-bond donors (Lipinski definition) is 2. The zero-order valence-corrected chi connectivity index (χ0v) is 27.2. The molecule has 0 radical (unpaired) electrons. The van der Waals surface area contributed by atoms with Gasteiger partial charge in [-0.3, -0.25) is 14.2 Å². The molecule has 3 aromatic carbocycles. The van der Waals surface area contributed by atoms with Gasteiger partial charge in [-0.1, -0.05) is 48.5 Å². The summed E-state index contributed by atoms with van der Waals surface area (Å²) in [6.45, 7) is 1.24. The van der Waals surface area contributed by atoms with E-state index in [9.17, 15) is 23.1 Å². The fourth-order valence-electron chi connectivity index (χ4n) is 5.60. The third-order valence-corrected chi connectivity index (χ3v) is 9.91. The third kappa shape index (κ3) is 8.09. The summed E-state index contributed by atoms with van der Waals surface area (Å²) in [7, 11) is -2.45. The Morgan fingerprint density at radius 2 is 1.74 bits per heavy atom. The van der Waals surface area contributed by atoms with Gasteiger partial charge in [0.15, 0.2) is 5.76 Å². The largest absolute Gasteiger partial charge is 0.497 e. The molecule has 12 heteroatoms. The highest BCUT2D eigenvalue weighted by molar-refractivity contribution is 7.89. The predicted molar refractivity (Wildman–Crippen MR) is 176 cm³/mol. The monoisotopic (exact) mass is 661 g/mol. The molecule has 1 aliphatic rings. The topological polar surface area (TPSA) is 136 Å². The maximum atomic E-state index is 13.4. The summed E-state index contributed by atoms with van der Waals surface area (Å²) in [6, 6.07) is 23.3. The van der Waals surface area contributed by atoms with Gasteiger partial charge >= 0.3 is 0 Å². The standard InChI is InChI=1S/C35H39N3O8S/c1-25(40)38-24-31(30-10-6-7-11-32(30)38)27-22-33(35(41)36-17-16-26-8-4-3-5-9-26)46-34(23-27)45-21-19-37(18-20-39)47(42,43)29-14-12-28(44-2)13-15-29/h3-15,22,24,27,34,39H,16-21,23H2,1-2H3,(H,36,41)/t27-,34+/m0/s1. The number of rotatable bonds is 14. The van der Waals surface area contributed by atoms with Crippen LogP contribution in [0.1, 0.15) is 35.2 Å². The van der Waals surface area contributed by atoms with E-state index in [-0.39, 0.29) is 48.8 Å². The Bertz CT molecular complexity index is 1820. The number of nitrogens with one attached hydrogen (secondary N) is 1.